The van der Waals surface area contributed by atoms with Gasteiger partial charge in [-0.3, -0.25) is 9.20 Å². The van der Waals surface area contributed by atoms with Crippen molar-refractivity contribution in [3.8, 4) is 5.75 Å². The number of thioether (sulfide) groups is 1. The van der Waals surface area contributed by atoms with Crippen molar-refractivity contribution in [1.82, 2.24) is 19.6 Å². The van der Waals surface area contributed by atoms with Gasteiger partial charge in [0, 0.05) is 22.5 Å². The third-order valence-corrected chi connectivity index (χ3v) is 5.00. The first-order chi connectivity index (χ1) is 13.6. The second kappa shape index (κ2) is 8.04. The van der Waals surface area contributed by atoms with E-state index in [-0.39, 0.29) is 12.2 Å². The predicted molar refractivity (Wildman–Crippen MR) is 106 cm³/mol. The zero-order chi connectivity index (χ0) is 19.5. The Hall–Kier alpha value is -2.84. The molecule has 3 aromatic heterocycles. The summed E-state index contributed by atoms with van der Waals surface area (Å²) in [6, 6.07) is 14.1. The molecule has 3 heterocycles. The van der Waals surface area contributed by atoms with Crippen molar-refractivity contribution in [3.63, 3.8) is 0 Å². The molecule has 0 unspecified atom stereocenters. The van der Waals surface area contributed by atoms with Crippen LogP contribution in [0.4, 0.5) is 0 Å². The molecular formula is C19H15ClN4O3S. The normalized spacial score (nSPS) is 11.1. The molecule has 0 aliphatic carbocycles. The van der Waals surface area contributed by atoms with Crippen molar-refractivity contribution < 1.29 is 9.15 Å². The van der Waals surface area contributed by atoms with Gasteiger partial charge in [-0.05, 0) is 43.3 Å². The molecule has 0 saturated carbocycles. The van der Waals surface area contributed by atoms with Crippen LogP contribution in [0.3, 0.4) is 0 Å². The molecule has 0 amide bonds. The van der Waals surface area contributed by atoms with Crippen molar-refractivity contribution in [3.05, 3.63) is 81.2 Å². The zero-order valence-electron chi connectivity index (χ0n) is 14.8. The van der Waals surface area contributed by atoms with Gasteiger partial charge in [-0.15, -0.1) is 10.2 Å². The van der Waals surface area contributed by atoms with Gasteiger partial charge in [0.25, 0.3) is 16.7 Å². The van der Waals surface area contributed by atoms with Gasteiger partial charge < -0.3 is 9.15 Å². The van der Waals surface area contributed by atoms with Gasteiger partial charge in [0.15, 0.2) is 6.61 Å². The third-order valence-electron chi connectivity index (χ3n) is 3.90. The molecule has 0 bridgehead atoms. The second-order valence-electron chi connectivity index (χ2n) is 5.94. The highest BCUT2D eigenvalue weighted by molar-refractivity contribution is 7.98. The van der Waals surface area contributed by atoms with Gasteiger partial charge in [-0.1, -0.05) is 29.4 Å². The summed E-state index contributed by atoms with van der Waals surface area (Å²) in [6.07, 6.45) is 0. The number of ether oxygens (including phenoxy) is 1. The van der Waals surface area contributed by atoms with E-state index in [1.54, 1.807) is 28.7 Å². The Morgan fingerprint density at radius 3 is 2.82 bits per heavy atom. The maximum atomic E-state index is 12.3. The Morgan fingerprint density at radius 2 is 2.00 bits per heavy atom. The number of hydrogen-bond donors (Lipinski definition) is 0. The molecule has 142 valence electrons. The number of halogens is 1. The van der Waals surface area contributed by atoms with Gasteiger partial charge >= 0.3 is 0 Å². The van der Waals surface area contributed by atoms with E-state index in [9.17, 15) is 4.79 Å². The third kappa shape index (κ3) is 4.18. The van der Waals surface area contributed by atoms with E-state index >= 15 is 0 Å². The van der Waals surface area contributed by atoms with Gasteiger partial charge in [0.1, 0.15) is 11.4 Å². The van der Waals surface area contributed by atoms with E-state index in [0.29, 0.717) is 39.0 Å². The van der Waals surface area contributed by atoms with Crippen LogP contribution in [-0.2, 0) is 12.4 Å². The maximum Gasteiger partial charge on any atom is 0.277 e. The summed E-state index contributed by atoms with van der Waals surface area (Å²) in [5, 5.41) is 8.99. The lowest BCUT2D eigenvalue weighted by molar-refractivity contribution is 0.252. The second-order valence-corrected chi connectivity index (χ2v) is 7.30. The van der Waals surface area contributed by atoms with Crippen LogP contribution < -0.4 is 10.3 Å². The summed E-state index contributed by atoms with van der Waals surface area (Å²) in [7, 11) is 0. The Balaban J connectivity index is 1.40. The summed E-state index contributed by atoms with van der Waals surface area (Å²) in [5.74, 6) is 1.46. The highest BCUT2D eigenvalue weighted by atomic mass is 35.5. The van der Waals surface area contributed by atoms with Crippen LogP contribution in [0.25, 0.3) is 5.65 Å². The minimum Gasteiger partial charge on any atom is -0.484 e. The van der Waals surface area contributed by atoms with Crippen molar-refractivity contribution in [2.45, 2.75) is 24.5 Å². The SMILES string of the molecule is Cc1cccc2nc(CSc3nnc(COc4ccc(Cl)cc4)o3)cc(=O)n12. The molecule has 1 aromatic carbocycles. The lowest BCUT2D eigenvalue weighted by atomic mass is 10.3. The fraction of sp³-hybridized carbons (Fsp3) is 0.158. The molecule has 0 aliphatic rings. The molecule has 0 aliphatic heterocycles. The molecule has 9 heteroatoms. The average molecular weight is 415 g/mol. The van der Waals surface area contributed by atoms with Crippen molar-refractivity contribution in [2.75, 3.05) is 0 Å². The number of benzene rings is 1. The van der Waals surface area contributed by atoms with E-state index in [1.165, 1.54) is 17.8 Å². The van der Waals surface area contributed by atoms with Gasteiger partial charge in [0.05, 0.1) is 5.69 Å². The van der Waals surface area contributed by atoms with Crippen molar-refractivity contribution >= 4 is 29.0 Å². The molecule has 7 nitrogen and oxygen atoms in total. The Morgan fingerprint density at radius 1 is 1.18 bits per heavy atom. The van der Waals surface area contributed by atoms with Crippen LogP contribution >= 0.6 is 23.4 Å². The molecule has 0 N–H and O–H groups in total. The van der Waals surface area contributed by atoms with E-state index in [4.69, 9.17) is 20.8 Å². The monoisotopic (exact) mass is 414 g/mol. The first-order valence-corrected chi connectivity index (χ1v) is 9.77. The van der Waals surface area contributed by atoms with Crippen LogP contribution in [0, 0.1) is 6.92 Å². The fourth-order valence-corrected chi connectivity index (χ4v) is 3.40. The molecule has 0 fully saturated rings. The first-order valence-electron chi connectivity index (χ1n) is 8.40. The van der Waals surface area contributed by atoms with E-state index in [2.05, 4.69) is 15.2 Å². The molecular weight excluding hydrogens is 400 g/mol. The predicted octanol–water partition coefficient (Wildman–Crippen LogP) is 3.91. The number of rotatable bonds is 6. The lowest BCUT2D eigenvalue weighted by Crippen LogP contribution is -2.17. The highest BCUT2D eigenvalue weighted by Gasteiger charge is 2.10. The Kier molecular flexibility index (Phi) is 5.31. The van der Waals surface area contributed by atoms with E-state index in [1.807, 2.05) is 25.1 Å². The van der Waals surface area contributed by atoms with Crippen LogP contribution in [0.1, 0.15) is 17.3 Å². The summed E-state index contributed by atoms with van der Waals surface area (Å²) in [5.41, 5.74) is 2.00. The van der Waals surface area contributed by atoms with Crippen molar-refractivity contribution in [2.24, 2.45) is 0 Å². The van der Waals surface area contributed by atoms with Crippen LogP contribution in [0.5, 0.6) is 5.75 Å². The zero-order valence-corrected chi connectivity index (χ0v) is 16.4. The van der Waals surface area contributed by atoms with E-state index < -0.39 is 0 Å². The minimum absolute atomic E-state index is 0.110. The fourth-order valence-electron chi connectivity index (χ4n) is 2.60. The van der Waals surface area contributed by atoms with Crippen LogP contribution in [0.2, 0.25) is 5.02 Å². The number of aromatic nitrogens is 4. The lowest BCUT2D eigenvalue weighted by Gasteiger charge is -2.05. The van der Waals surface area contributed by atoms with Gasteiger partial charge in [-0.25, -0.2) is 4.98 Å². The molecule has 4 aromatic rings. The molecule has 0 atom stereocenters. The molecule has 4 rings (SSSR count). The molecule has 0 spiro atoms. The number of hydrogen-bond acceptors (Lipinski definition) is 7. The molecule has 0 saturated heterocycles. The quantitative estimate of drug-likeness (QED) is 0.442. The van der Waals surface area contributed by atoms with Gasteiger partial charge in [-0.2, -0.15) is 0 Å². The molecule has 0 radical (unpaired) electrons. The topological polar surface area (TPSA) is 82.5 Å². The minimum atomic E-state index is -0.110. The highest BCUT2D eigenvalue weighted by Crippen LogP contribution is 2.22. The van der Waals surface area contributed by atoms with Crippen LogP contribution in [0.15, 0.2) is 63.0 Å². The number of nitrogens with zero attached hydrogens (tertiary/aromatic N) is 4. The number of pyridine rings is 1. The number of fused-ring (bicyclic) bond motifs is 1. The van der Waals surface area contributed by atoms with E-state index in [0.717, 1.165) is 5.69 Å². The van der Waals surface area contributed by atoms with Crippen LogP contribution in [-0.4, -0.2) is 19.6 Å². The average Bonchev–Trinajstić information content (AvgIpc) is 3.14. The largest absolute Gasteiger partial charge is 0.484 e. The standard InChI is InChI=1S/C19H15ClN4O3S/c1-12-3-2-4-16-21-14(9-18(25)24(12)16)11-28-19-23-22-17(27-19)10-26-15-7-5-13(20)6-8-15/h2-9H,10-11H2,1H3. The first kappa shape index (κ1) is 18.5. The summed E-state index contributed by atoms with van der Waals surface area (Å²) in [4.78, 5) is 16.8. The smallest absolute Gasteiger partial charge is 0.277 e. The number of aryl methyl sites for hydroxylation is 1. The maximum absolute atomic E-state index is 12.3. The molecule has 28 heavy (non-hydrogen) atoms. The van der Waals surface area contributed by atoms with Crippen molar-refractivity contribution in [1.29, 1.82) is 0 Å². The van der Waals surface area contributed by atoms with Gasteiger partial charge in [0.2, 0.25) is 0 Å². The Bertz CT molecular complexity index is 1170. The summed E-state index contributed by atoms with van der Waals surface area (Å²) in [6.45, 7) is 2.03. The summed E-state index contributed by atoms with van der Waals surface area (Å²) >= 11 is 7.16. The summed E-state index contributed by atoms with van der Waals surface area (Å²) < 4.78 is 12.7. The Labute approximate surface area is 169 Å².